The maximum atomic E-state index is 12.7. The van der Waals surface area contributed by atoms with Crippen molar-refractivity contribution in [3.05, 3.63) is 35.4 Å². The first-order valence-corrected chi connectivity index (χ1v) is 11.2. The molecule has 1 unspecified atom stereocenters. The van der Waals surface area contributed by atoms with E-state index in [2.05, 4.69) is 38.3 Å². The van der Waals surface area contributed by atoms with E-state index >= 15 is 0 Å². The molecule has 1 heterocycles. The third-order valence-electron chi connectivity index (χ3n) is 5.20. The molecule has 0 saturated carbocycles. The minimum Gasteiger partial charge on any atom is -0.466 e. The molecule has 1 fully saturated rings. The van der Waals surface area contributed by atoms with Crippen molar-refractivity contribution in [3.63, 3.8) is 0 Å². The highest BCUT2D eigenvalue weighted by Crippen LogP contribution is 2.22. The molecule has 0 bridgehead atoms. The van der Waals surface area contributed by atoms with Crippen molar-refractivity contribution in [2.24, 2.45) is 0 Å². The molecule has 1 aliphatic heterocycles. The van der Waals surface area contributed by atoms with Gasteiger partial charge in [-0.05, 0) is 41.7 Å². The first kappa shape index (κ1) is 24.8. The maximum Gasteiger partial charge on any atom is 0.308 e. The van der Waals surface area contributed by atoms with Gasteiger partial charge in [0.05, 0.1) is 13.0 Å². The molecule has 7 nitrogen and oxygen atoms in total. The monoisotopic (exact) mass is 447 g/mol. The summed E-state index contributed by atoms with van der Waals surface area (Å²) in [5.41, 5.74) is 1.59. The number of nitrogens with zero attached hydrogens (tertiary/aromatic N) is 1. The number of amides is 2. The largest absolute Gasteiger partial charge is 0.466 e. The van der Waals surface area contributed by atoms with Crippen LogP contribution in [0.4, 0.5) is 0 Å². The van der Waals surface area contributed by atoms with Gasteiger partial charge in [0, 0.05) is 18.7 Å². The number of hydrogen-bond acceptors (Lipinski definition) is 5. The fourth-order valence-electron chi connectivity index (χ4n) is 3.28. The summed E-state index contributed by atoms with van der Waals surface area (Å²) in [5, 5.41) is 5.57. The second-order valence-corrected chi connectivity index (χ2v) is 9.11. The van der Waals surface area contributed by atoms with Gasteiger partial charge in [-0.2, -0.15) is 0 Å². The normalized spacial score (nSPS) is 16.5. The molecule has 2 amide bonds. The highest BCUT2D eigenvalue weighted by molar-refractivity contribution is 7.80. The molecule has 1 atom stereocenters. The van der Waals surface area contributed by atoms with Crippen LogP contribution in [0.25, 0.3) is 0 Å². The Morgan fingerprint density at radius 2 is 1.90 bits per heavy atom. The molecule has 2 rings (SSSR count). The molecule has 0 spiro atoms. The lowest BCUT2D eigenvalue weighted by molar-refractivity contribution is -0.147. The van der Waals surface area contributed by atoms with Gasteiger partial charge in [-0.3, -0.25) is 19.7 Å². The summed E-state index contributed by atoms with van der Waals surface area (Å²) in [4.78, 5) is 38.8. The van der Waals surface area contributed by atoms with Crippen molar-refractivity contribution in [3.8, 4) is 0 Å². The summed E-state index contributed by atoms with van der Waals surface area (Å²) >= 11 is 5.40. The van der Waals surface area contributed by atoms with Gasteiger partial charge < -0.3 is 15.0 Å². The quantitative estimate of drug-likeness (QED) is 0.380. The average molecular weight is 448 g/mol. The highest BCUT2D eigenvalue weighted by Gasteiger charge is 2.34. The first-order chi connectivity index (χ1) is 14.6. The fourth-order valence-corrected chi connectivity index (χ4v) is 3.59. The number of nitrogens with one attached hydrogen (secondary N) is 2. The molecule has 1 aromatic carbocycles. The van der Waals surface area contributed by atoms with E-state index in [0.29, 0.717) is 25.3 Å². The lowest BCUT2D eigenvalue weighted by Gasteiger charge is -2.36. The minimum atomic E-state index is -0.802. The number of hydrogen-bond donors (Lipinski definition) is 2. The summed E-state index contributed by atoms with van der Waals surface area (Å²) in [7, 11) is 0. The second kappa shape index (κ2) is 11.2. The summed E-state index contributed by atoms with van der Waals surface area (Å²) in [6.07, 6.45) is 2.69. The van der Waals surface area contributed by atoms with E-state index in [9.17, 15) is 14.4 Å². The topological polar surface area (TPSA) is 87.7 Å². The number of rotatable bonds is 7. The molecule has 0 aliphatic carbocycles. The van der Waals surface area contributed by atoms with Gasteiger partial charge in [-0.15, -0.1) is 0 Å². The van der Waals surface area contributed by atoms with E-state index in [1.54, 1.807) is 17.0 Å². The van der Waals surface area contributed by atoms with Crippen LogP contribution < -0.4 is 10.6 Å². The fraction of sp³-hybridized carbons (Fsp3) is 0.565. The molecule has 0 radical (unpaired) electrons. The van der Waals surface area contributed by atoms with Crippen LogP contribution in [-0.2, 0) is 19.7 Å². The third-order valence-corrected chi connectivity index (χ3v) is 5.53. The van der Waals surface area contributed by atoms with E-state index in [4.69, 9.17) is 17.0 Å². The van der Waals surface area contributed by atoms with E-state index in [1.807, 2.05) is 12.1 Å². The lowest BCUT2D eigenvalue weighted by Crippen LogP contribution is -2.60. The minimum absolute atomic E-state index is 0.0101. The lowest BCUT2D eigenvalue weighted by atomic mass is 9.87. The van der Waals surface area contributed by atoms with Crippen LogP contribution in [0.5, 0.6) is 0 Å². The van der Waals surface area contributed by atoms with Gasteiger partial charge in [0.2, 0.25) is 5.91 Å². The van der Waals surface area contributed by atoms with Crippen molar-refractivity contribution in [2.45, 2.75) is 64.8 Å². The predicted molar refractivity (Wildman–Crippen MR) is 124 cm³/mol. The zero-order chi connectivity index (χ0) is 23.0. The van der Waals surface area contributed by atoms with Crippen LogP contribution in [0, 0.1) is 0 Å². The standard InChI is InChI=1S/C23H33N3O4S/c1-5-6-7-14-30-19(27)15-18-21(29)24-12-13-26(18)22(31)25-20(28)16-8-10-17(11-9-16)23(2,3)4/h8-11,18H,5-7,12-15H2,1-4H3,(H,24,29)(H,25,28,31). The Morgan fingerprint density at radius 1 is 1.23 bits per heavy atom. The highest BCUT2D eigenvalue weighted by atomic mass is 32.1. The molecule has 1 aliphatic rings. The molecular weight excluding hydrogens is 414 g/mol. The average Bonchev–Trinajstić information content (AvgIpc) is 2.72. The predicted octanol–water partition coefficient (Wildman–Crippen LogP) is 2.92. The zero-order valence-electron chi connectivity index (χ0n) is 18.8. The van der Waals surface area contributed by atoms with E-state index in [0.717, 1.165) is 24.8 Å². The number of piperazine rings is 1. The van der Waals surface area contributed by atoms with Crippen molar-refractivity contribution in [1.82, 2.24) is 15.5 Å². The van der Waals surface area contributed by atoms with Gasteiger partial charge >= 0.3 is 5.97 Å². The van der Waals surface area contributed by atoms with Crippen molar-refractivity contribution >= 4 is 35.1 Å². The number of unbranched alkanes of at least 4 members (excludes halogenated alkanes) is 2. The number of carbonyl (C=O) groups is 3. The van der Waals surface area contributed by atoms with Crippen LogP contribution in [0.2, 0.25) is 0 Å². The van der Waals surface area contributed by atoms with Gasteiger partial charge in [-0.1, -0.05) is 52.7 Å². The SMILES string of the molecule is CCCCCOC(=O)CC1C(=O)NCCN1C(=S)NC(=O)c1ccc(C(C)(C)C)cc1. The maximum absolute atomic E-state index is 12.7. The van der Waals surface area contributed by atoms with Crippen LogP contribution in [-0.4, -0.2) is 53.5 Å². The van der Waals surface area contributed by atoms with E-state index in [-0.39, 0.29) is 28.8 Å². The second-order valence-electron chi connectivity index (χ2n) is 8.72. The van der Waals surface area contributed by atoms with Crippen LogP contribution in [0.3, 0.4) is 0 Å². The smallest absolute Gasteiger partial charge is 0.308 e. The summed E-state index contributed by atoms with van der Waals surface area (Å²) in [6, 6.07) is 6.55. The molecule has 1 saturated heterocycles. The molecular formula is C23H33N3O4S. The van der Waals surface area contributed by atoms with Gasteiger partial charge in [0.25, 0.3) is 5.91 Å². The molecule has 170 valence electrons. The van der Waals surface area contributed by atoms with Gasteiger partial charge in [-0.25, -0.2) is 0 Å². The summed E-state index contributed by atoms with van der Waals surface area (Å²) in [5.74, 6) is -1.10. The number of carbonyl (C=O) groups excluding carboxylic acids is 3. The van der Waals surface area contributed by atoms with E-state index < -0.39 is 12.0 Å². The van der Waals surface area contributed by atoms with Crippen LogP contribution >= 0.6 is 12.2 Å². The zero-order valence-corrected chi connectivity index (χ0v) is 19.6. The van der Waals surface area contributed by atoms with Crippen molar-refractivity contribution < 1.29 is 19.1 Å². The molecule has 1 aromatic rings. The summed E-state index contributed by atoms with van der Waals surface area (Å²) in [6.45, 7) is 9.51. The van der Waals surface area contributed by atoms with E-state index in [1.165, 1.54) is 0 Å². The first-order valence-electron chi connectivity index (χ1n) is 10.8. The number of thiocarbonyl (C=S) groups is 1. The Balaban J connectivity index is 1.99. The number of benzene rings is 1. The van der Waals surface area contributed by atoms with Gasteiger partial charge in [0.15, 0.2) is 5.11 Å². The number of esters is 1. The Labute approximate surface area is 189 Å². The Morgan fingerprint density at radius 3 is 2.52 bits per heavy atom. The molecule has 8 heteroatoms. The van der Waals surface area contributed by atoms with Crippen LogP contribution in [0.1, 0.15) is 69.3 Å². The summed E-state index contributed by atoms with van der Waals surface area (Å²) < 4.78 is 5.24. The number of ether oxygens (including phenoxy) is 1. The van der Waals surface area contributed by atoms with Crippen molar-refractivity contribution in [1.29, 1.82) is 0 Å². The Bertz CT molecular complexity index is 802. The molecule has 0 aromatic heterocycles. The molecule has 31 heavy (non-hydrogen) atoms. The van der Waals surface area contributed by atoms with Crippen molar-refractivity contribution in [2.75, 3.05) is 19.7 Å². The molecule has 2 N–H and O–H groups in total. The van der Waals surface area contributed by atoms with Crippen LogP contribution in [0.15, 0.2) is 24.3 Å². The van der Waals surface area contributed by atoms with Gasteiger partial charge in [0.1, 0.15) is 6.04 Å². The Hall–Kier alpha value is -2.48. The third kappa shape index (κ3) is 7.31. The Kier molecular flexibility index (Phi) is 8.98.